The van der Waals surface area contributed by atoms with Gasteiger partial charge in [0.05, 0.1) is 5.92 Å². The molecule has 0 aromatic carbocycles. The van der Waals surface area contributed by atoms with E-state index in [4.69, 9.17) is 19.5 Å². The van der Waals surface area contributed by atoms with Gasteiger partial charge in [0.1, 0.15) is 11.9 Å². The quantitative estimate of drug-likeness (QED) is 0.287. The lowest BCUT2D eigenvalue weighted by atomic mass is 9.94. The highest BCUT2D eigenvalue weighted by Crippen LogP contribution is 2.18. The average molecular weight is 351 g/mol. The molecule has 2 atom stereocenters. The van der Waals surface area contributed by atoms with Crippen LogP contribution >= 0.6 is 0 Å². The van der Waals surface area contributed by atoms with Crippen molar-refractivity contribution in [1.29, 1.82) is 5.26 Å². The molecule has 1 rings (SSSR count). The maximum atomic E-state index is 12.0. The van der Waals surface area contributed by atoms with Gasteiger partial charge >= 0.3 is 5.97 Å². The molecule has 0 saturated carbocycles. The molecule has 1 aliphatic rings. The Morgan fingerprint density at radius 3 is 2.88 bits per heavy atom. The Morgan fingerprint density at radius 2 is 2.20 bits per heavy atom. The molecular weight excluding hydrogens is 322 g/mol. The van der Waals surface area contributed by atoms with Crippen molar-refractivity contribution >= 4 is 11.8 Å². The van der Waals surface area contributed by atoms with Crippen molar-refractivity contribution in [3.63, 3.8) is 0 Å². The van der Waals surface area contributed by atoms with Gasteiger partial charge in [-0.25, -0.2) is 0 Å². The third-order valence-corrected chi connectivity index (χ3v) is 4.10. The zero-order chi connectivity index (χ0) is 18.3. The van der Waals surface area contributed by atoms with E-state index in [9.17, 15) is 9.59 Å². The number of nitrogens with zero attached hydrogens (tertiary/aromatic N) is 1. The van der Waals surface area contributed by atoms with E-state index in [0.29, 0.717) is 25.9 Å². The van der Waals surface area contributed by atoms with Crippen LogP contribution in [-0.2, 0) is 23.8 Å². The van der Waals surface area contributed by atoms with Gasteiger partial charge in [-0.2, -0.15) is 5.26 Å². The van der Waals surface area contributed by atoms with Crippen LogP contribution in [0.3, 0.4) is 0 Å². The summed E-state index contributed by atoms with van der Waals surface area (Å²) in [6, 6.07) is 1.78. The van der Waals surface area contributed by atoms with Gasteiger partial charge in [-0.3, -0.25) is 9.59 Å². The molecule has 0 radical (unpaired) electrons. The average Bonchev–Trinajstić information content (AvgIpc) is 2.64. The van der Waals surface area contributed by atoms with E-state index >= 15 is 0 Å². The Bertz CT molecular complexity index is 451. The van der Waals surface area contributed by atoms with Gasteiger partial charge in [-0.1, -0.05) is 12.5 Å². The molecule has 0 bridgehead atoms. The predicted molar refractivity (Wildman–Crippen MR) is 92.5 cm³/mol. The molecule has 0 aliphatic carbocycles. The summed E-state index contributed by atoms with van der Waals surface area (Å²) in [5, 5.41) is 8.53. The lowest BCUT2D eigenvalue weighted by molar-refractivity contribution is -0.163. The van der Waals surface area contributed by atoms with E-state index in [0.717, 1.165) is 38.7 Å². The van der Waals surface area contributed by atoms with E-state index in [1.54, 1.807) is 12.1 Å². The first-order chi connectivity index (χ1) is 12.2. The molecule has 0 amide bonds. The van der Waals surface area contributed by atoms with Gasteiger partial charge in [-0.05, 0) is 38.5 Å². The van der Waals surface area contributed by atoms with Crippen LogP contribution in [-0.4, -0.2) is 37.9 Å². The number of ether oxygens (including phenoxy) is 3. The Morgan fingerprint density at radius 1 is 1.36 bits per heavy atom. The van der Waals surface area contributed by atoms with E-state index in [1.165, 1.54) is 0 Å². The zero-order valence-corrected chi connectivity index (χ0v) is 14.9. The number of rotatable bonds is 13. The predicted octanol–water partition coefficient (Wildman–Crippen LogP) is 3.31. The molecule has 0 N–H and O–H groups in total. The number of ketones is 1. The number of hydrogen-bond acceptors (Lipinski definition) is 6. The van der Waals surface area contributed by atoms with Gasteiger partial charge in [0.2, 0.25) is 0 Å². The second kappa shape index (κ2) is 13.6. The van der Waals surface area contributed by atoms with Crippen LogP contribution in [0.2, 0.25) is 0 Å². The normalized spacial score (nSPS) is 18.1. The minimum absolute atomic E-state index is 0.0191. The highest BCUT2D eigenvalue weighted by atomic mass is 16.7. The van der Waals surface area contributed by atoms with Crippen molar-refractivity contribution in [2.45, 2.75) is 64.1 Å². The minimum Gasteiger partial charge on any atom is -0.450 e. The molecule has 1 fully saturated rings. The molecule has 6 nitrogen and oxygen atoms in total. The number of allylic oxidation sites excluding steroid dienone is 1. The summed E-state index contributed by atoms with van der Waals surface area (Å²) in [6.45, 7) is 4.65. The summed E-state index contributed by atoms with van der Waals surface area (Å²) >= 11 is 0. The number of nitriles is 1. The maximum absolute atomic E-state index is 12.0. The van der Waals surface area contributed by atoms with E-state index in [2.05, 4.69) is 6.58 Å². The SMILES string of the molecule is C=CCCC(=O)C[C@@H](CCCCOC1CCCCO1)C(=O)OCC#N. The smallest absolute Gasteiger partial charge is 0.310 e. The lowest BCUT2D eigenvalue weighted by Gasteiger charge is -2.22. The van der Waals surface area contributed by atoms with E-state index in [-0.39, 0.29) is 25.1 Å². The number of carbonyl (C=O) groups is 2. The van der Waals surface area contributed by atoms with Crippen LogP contribution in [0.15, 0.2) is 12.7 Å². The minimum atomic E-state index is -0.489. The highest BCUT2D eigenvalue weighted by Gasteiger charge is 2.23. The van der Waals surface area contributed by atoms with Crippen LogP contribution in [0.5, 0.6) is 0 Å². The summed E-state index contributed by atoms with van der Waals surface area (Å²) in [5.74, 6) is -0.938. The standard InChI is InChI=1S/C19H29NO5/c1-2-3-9-17(21)15-16(19(22)25-14-11-20)8-4-6-12-23-18-10-5-7-13-24-18/h2,16,18H,1,3-10,12-15H2/t16-,18?/m1/s1. The molecule has 0 spiro atoms. The van der Waals surface area contributed by atoms with Crippen LogP contribution in [0.1, 0.15) is 57.8 Å². The molecule has 6 heteroatoms. The monoisotopic (exact) mass is 351 g/mol. The number of hydrogen-bond donors (Lipinski definition) is 0. The third kappa shape index (κ3) is 10.0. The van der Waals surface area contributed by atoms with Gasteiger partial charge in [-0.15, -0.1) is 6.58 Å². The highest BCUT2D eigenvalue weighted by molar-refractivity contribution is 5.84. The van der Waals surface area contributed by atoms with Crippen LogP contribution in [0, 0.1) is 17.2 Å². The second-order valence-corrected chi connectivity index (χ2v) is 6.20. The first-order valence-electron chi connectivity index (χ1n) is 9.06. The molecule has 1 saturated heterocycles. The van der Waals surface area contributed by atoms with Crippen molar-refractivity contribution in [2.75, 3.05) is 19.8 Å². The van der Waals surface area contributed by atoms with Crippen LogP contribution in [0.4, 0.5) is 0 Å². The molecule has 1 aliphatic heterocycles. The maximum Gasteiger partial charge on any atom is 0.310 e. The fourth-order valence-corrected chi connectivity index (χ4v) is 2.71. The molecule has 1 heterocycles. The lowest BCUT2D eigenvalue weighted by Crippen LogP contribution is -2.23. The first-order valence-corrected chi connectivity index (χ1v) is 9.06. The number of unbranched alkanes of at least 4 members (excludes halogenated alkanes) is 1. The Kier molecular flexibility index (Phi) is 11.6. The fraction of sp³-hybridized carbons (Fsp3) is 0.737. The molecule has 1 unspecified atom stereocenters. The van der Waals surface area contributed by atoms with Crippen LogP contribution in [0.25, 0.3) is 0 Å². The largest absolute Gasteiger partial charge is 0.450 e. The van der Waals surface area contributed by atoms with E-state index < -0.39 is 11.9 Å². The Labute approximate surface area is 150 Å². The number of carbonyl (C=O) groups excluding carboxylic acids is 2. The topological polar surface area (TPSA) is 85.6 Å². The molecule has 0 aromatic heterocycles. The summed E-state index contributed by atoms with van der Waals surface area (Å²) in [7, 11) is 0. The number of esters is 1. The molecular formula is C19H29NO5. The fourth-order valence-electron chi connectivity index (χ4n) is 2.71. The molecule has 25 heavy (non-hydrogen) atoms. The van der Waals surface area contributed by atoms with Gasteiger partial charge in [0.25, 0.3) is 0 Å². The first kappa shape index (κ1) is 21.3. The van der Waals surface area contributed by atoms with Gasteiger partial charge in [0.15, 0.2) is 12.9 Å². The van der Waals surface area contributed by atoms with Crippen molar-refractivity contribution in [1.82, 2.24) is 0 Å². The number of Topliss-reactive ketones (excluding diaryl/α,β-unsaturated/α-hetero) is 1. The molecule has 0 aromatic rings. The zero-order valence-electron chi connectivity index (χ0n) is 14.9. The summed E-state index contributed by atoms with van der Waals surface area (Å²) in [4.78, 5) is 23.9. The second-order valence-electron chi connectivity index (χ2n) is 6.20. The van der Waals surface area contributed by atoms with Crippen molar-refractivity contribution in [2.24, 2.45) is 5.92 Å². The molecule has 140 valence electrons. The third-order valence-electron chi connectivity index (χ3n) is 4.10. The van der Waals surface area contributed by atoms with Gasteiger partial charge < -0.3 is 14.2 Å². The Hall–Kier alpha value is -1.71. The van der Waals surface area contributed by atoms with Gasteiger partial charge in [0, 0.05) is 26.1 Å². The summed E-state index contributed by atoms with van der Waals surface area (Å²) < 4.78 is 16.1. The van der Waals surface area contributed by atoms with Crippen LogP contribution < -0.4 is 0 Å². The van der Waals surface area contributed by atoms with Crippen molar-refractivity contribution in [3.05, 3.63) is 12.7 Å². The van der Waals surface area contributed by atoms with Crippen molar-refractivity contribution in [3.8, 4) is 6.07 Å². The summed E-state index contributed by atoms with van der Waals surface area (Å²) in [5.41, 5.74) is 0. The Balaban J connectivity index is 2.30. The van der Waals surface area contributed by atoms with Crippen molar-refractivity contribution < 1.29 is 23.8 Å². The van der Waals surface area contributed by atoms with E-state index in [1.807, 2.05) is 0 Å². The summed E-state index contributed by atoms with van der Waals surface area (Å²) in [6.07, 6.45) is 7.98.